The van der Waals surface area contributed by atoms with E-state index in [1.165, 1.54) is 5.69 Å². The number of rotatable bonds is 4. The Bertz CT molecular complexity index is 265. The van der Waals surface area contributed by atoms with E-state index >= 15 is 0 Å². The van der Waals surface area contributed by atoms with E-state index in [0.29, 0.717) is 6.04 Å². The van der Waals surface area contributed by atoms with Crippen molar-refractivity contribution in [1.29, 1.82) is 0 Å². The van der Waals surface area contributed by atoms with Crippen molar-refractivity contribution in [2.75, 3.05) is 6.54 Å². The molecule has 3 nitrogen and oxygen atoms in total. The molecular weight excluding hydrogens is 162 g/mol. The van der Waals surface area contributed by atoms with Gasteiger partial charge in [0.2, 0.25) is 0 Å². The smallest absolute Gasteiger partial charge is 0.0596 e. The second kappa shape index (κ2) is 4.42. The summed E-state index contributed by atoms with van der Waals surface area (Å²) in [5.74, 6) is 0. The highest BCUT2D eigenvalue weighted by Crippen LogP contribution is 2.04. The van der Waals surface area contributed by atoms with Gasteiger partial charge in [-0.1, -0.05) is 6.92 Å². The molecule has 0 aliphatic rings. The van der Waals surface area contributed by atoms with Gasteiger partial charge in [0.05, 0.1) is 5.69 Å². The average molecular weight is 181 g/mol. The van der Waals surface area contributed by atoms with Crippen molar-refractivity contribution in [3.8, 4) is 0 Å². The van der Waals surface area contributed by atoms with Crippen LogP contribution in [0.15, 0.2) is 6.07 Å². The van der Waals surface area contributed by atoms with E-state index in [1.807, 2.05) is 18.7 Å². The fourth-order valence-corrected chi connectivity index (χ4v) is 1.59. The van der Waals surface area contributed by atoms with E-state index in [0.717, 1.165) is 18.7 Å². The van der Waals surface area contributed by atoms with Crippen LogP contribution in [0.4, 0.5) is 0 Å². The molecule has 0 aliphatic heterocycles. The fraction of sp³-hybridized carbons (Fsp3) is 0.700. The van der Waals surface area contributed by atoms with Gasteiger partial charge in [0.25, 0.3) is 0 Å². The summed E-state index contributed by atoms with van der Waals surface area (Å²) in [7, 11) is 2.00. The van der Waals surface area contributed by atoms with Crippen LogP contribution in [0.5, 0.6) is 0 Å². The molecule has 74 valence electrons. The van der Waals surface area contributed by atoms with Crippen LogP contribution in [0.1, 0.15) is 25.2 Å². The zero-order chi connectivity index (χ0) is 9.84. The number of hydrogen-bond donors (Lipinski definition) is 1. The summed E-state index contributed by atoms with van der Waals surface area (Å²) in [4.78, 5) is 0. The van der Waals surface area contributed by atoms with E-state index in [9.17, 15) is 0 Å². The monoisotopic (exact) mass is 181 g/mol. The molecule has 0 amide bonds. The number of nitrogens with zero attached hydrogens (tertiary/aromatic N) is 2. The van der Waals surface area contributed by atoms with Crippen molar-refractivity contribution in [2.24, 2.45) is 7.05 Å². The molecule has 1 aromatic heterocycles. The lowest BCUT2D eigenvalue weighted by atomic mass is 10.2. The highest BCUT2D eigenvalue weighted by atomic mass is 15.3. The minimum atomic E-state index is 0.528. The van der Waals surface area contributed by atoms with Gasteiger partial charge in [-0.25, -0.2) is 0 Å². The van der Waals surface area contributed by atoms with Gasteiger partial charge in [-0.3, -0.25) is 4.68 Å². The maximum atomic E-state index is 4.31. The topological polar surface area (TPSA) is 29.9 Å². The molecule has 0 spiro atoms. The second-order valence-corrected chi connectivity index (χ2v) is 3.56. The van der Waals surface area contributed by atoms with Gasteiger partial charge in [0.15, 0.2) is 0 Å². The van der Waals surface area contributed by atoms with Gasteiger partial charge in [0.1, 0.15) is 0 Å². The van der Waals surface area contributed by atoms with Crippen molar-refractivity contribution < 1.29 is 0 Å². The molecule has 0 bridgehead atoms. The number of aryl methyl sites for hydroxylation is 2. The van der Waals surface area contributed by atoms with Gasteiger partial charge in [-0.2, -0.15) is 5.10 Å². The Kier molecular flexibility index (Phi) is 3.48. The lowest BCUT2D eigenvalue weighted by Gasteiger charge is -2.11. The molecule has 1 heterocycles. The lowest BCUT2D eigenvalue weighted by molar-refractivity contribution is 0.543. The summed E-state index contributed by atoms with van der Waals surface area (Å²) >= 11 is 0. The Morgan fingerprint density at radius 2 is 2.31 bits per heavy atom. The summed E-state index contributed by atoms with van der Waals surface area (Å²) in [6.45, 7) is 7.39. The third-order valence-corrected chi connectivity index (χ3v) is 2.17. The van der Waals surface area contributed by atoms with Gasteiger partial charge >= 0.3 is 0 Å². The van der Waals surface area contributed by atoms with Gasteiger partial charge in [0, 0.05) is 25.2 Å². The Morgan fingerprint density at radius 1 is 1.62 bits per heavy atom. The predicted molar refractivity (Wildman–Crippen MR) is 54.8 cm³/mol. The quantitative estimate of drug-likeness (QED) is 0.758. The van der Waals surface area contributed by atoms with Crippen LogP contribution in [0.3, 0.4) is 0 Å². The molecule has 0 radical (unpaired) electrons. The standard InChI is InChI=1S/C10H19N3/c1-5-11-8(2)6-10-7-9(3)12-13(10)4/h7-8,11H,5-6H2,1-4H3. The number of nitrogens with one attached hydrogen (secondary N) is 1. The van der Waals surface area contributed by atoms with Crippen LogP contribution < -0.4 is 5.32 Å². The molecular formula is C10H19N3. The van der Waals surface area contributed by atoms with E-state index in [1.54, 1.807) is 0 Å². The zero-order valence-electron chi connectivity index (χ0n) is 8.96. The van der Waals surface area contributed by atoms with Crippen LogP contribution in [0.25, 0.3) is 0 Å². The molecule has 0 aliphatic carbocycles. The molecule has 1 atom stereocenters. The Labute approximate surface area is 80.1 Å². The minimum Gasteiger partial charge on any atom is -0.314 e. The van der Waals surface area contributed by atoms with E-state index in [4.69, 9.17) is 0 Å². The predicted octanol–water partition coefficient (Wildman–Crippen LogP) is 1.27. The summed E-state index contributed by atoms with van der Waals surface area (Å²) < 4.78 is 1.96. The molecule has 1 aromatic rings. The first-order valence-corrected chi connectivity index (χ1v) is 4.86. The molecule has 3 heteroatoms. The van der Waals surface area contributed by atoms with Crippen molar-refractivity contribution >= 4 is 0 Å². The third kappa shape index (κ3) is 2.84. The maximum Gasteiger partial charge on any atom is 0.0596 e. The van der Waals surface area contributed by atoms with Gasteiger partial charge in [-0.05, 0) is 26.5 Å². The van der Waals surface area contributed by atoms with Crippen LogP contribution >= 0.6 is 0 Å². The first-order chi connectivity index (χ1) is 6.13. The number of likely N-dealkylation sites (N-methyl/N-ethyl adjacent to an activating group) is 1. The average Bonchev–Trinajstić information content (AvgIpc) is 2.30. The Morgan fingerprint density at radius 3 is 2.77 bits per heavy atom. The summed E-state index contributed by atoms with van der Waals surface area (Å²) in [6.07, 6.45) is 1.05. The van der Waals surface area contributed by atoms with Crippen LogP contribution in [-0.2, 0) is 13.5 Å². The molecule has 1 N–H and O–H groups in total. The lowest BCUT2D eigenvalue weighted by Crippen LogP contribution is -2.28. The number of aromatic nitrogens is 2. The SMILES string of the molecule is CCNC(C)Cc1cc(C)nn1C. The summed E-state index contributed by atoms with van der Waals surface area (Å²) in [6, 6.07) is 2.67. The van der Waals surface area contributed by atoms with E-state index in [2.05, 4.69) is 30.3 Å². The second-order valence-electron chi connectivity index (χ2n) is 3.56. The molecule has 0 fully saturated rings. The van der Waals surface area contributed by atoms with Crippen LogP contribution in [0, 0.1) is 6.92 Å². The molecule has 0 aromatic carbocycles. The maximum absolute atomic E-state index is 4.31. The molecule has 0 saturated carbocycles. The van der Waals surface area contributed by atoms with Crippen LogP contribution in [0.2, 0.25) is 0 Å². The number of hydrogen-bond acceptors (Lipinski definition) is 2. The van der Waals surface area contributed by atoms with Crippen molar-refractivity contribution in [2.45, 2.75) is 33.2 Å². The third-order valence-electron chi connectivity index (χ3n) is 2.17. The zero-order valence-corrected chi connectivity index (χ0v) is 8.96. The Hall–Kier alpha value is -0.830. The first-order valence-electron chi connectivity index (χ1n) is 4.86. The highest BCUT2D eigenvalue weighted by molar-refractivity contribution is 5.09. The Balaban J connectivity index is 2.57. The van der Waals surface area contributed by atoms with E-state index in [-0.39, 0.29) is 0 Å². The molecule has 1 unspecified atom stereocenters. The van der Waals surface area contributed by atoms with Crippen molar-refractivity contribution in [3.63, 3.8) is 0 Å². The van der Waals surface area contributed by atoms with E-state index < -0.39 is 0 Å². The summed E-state index contributed by atoms with van der Waals surface area (Å²) in [5, 5.41) is 7.70. The largest absolute Gasteiger partial charge is 0.314 e. The first kappa shape index (κ1) is 10.3. The normalized spacial score (nSPS) is 13.2. The van der Waals surface area contributed by atoms with Gasteiger partial charge < -0.3 is 5.32 Å². The molecule has 13 heavy (non-hydrogen) atoms. The van der Waals surface area contributed by atoms with Crippen molar-refractivity contribution in [1.82, 2.24) is 15.1 Å². The summed E-state index contributed by atoms with van der Waals surface area (Å²) in [5.41, 5.74) is 2.40. The molecule has 0 saturated heterocycles. The van der Waals surface area contributed by atoms with Crippen LogP contribution in [-0.4, -0.2) is 22.4 Å². The fourth-order valence-electron chi connectivity index (χ4n) is 1.59. The van der Waals surface area contributed by atoms with Crippen molar-refractivity contribution in [3.05, 3.63) is 17.5 Å². The van der Waals surface area contributed by atoms with Gasteiger partial charge in [-0.15, -0.1) is 0 Å². The minimum absolute atomic E-state index is 0.528. The highest BCUT2D eigenvalue weighted by Gasteiger charge is 2.06. The molecule has 1 rings (SSSR count).